The Bertz CT molecular complexity index is 449. The summed E-state index contributed by atoms with van der Waals surface area (Å²) >= 11 is 0. The third-order valence-corrected chi connectivity index (χ3v) is 5.52. The maximum atomic E-state index is 11.9. The summed E-state index contributed by atoms with van der Waals surface area (Å²) in [6.07, 6.45) is 3.37. The standard InChI is InChI=1S/C11H16N4O2/c1-11-8-4-3-7-10(11)6(12-14(7)16)2-5-9(11)15(17)13-8/h6-10H,2-5H2,1H3/t6-,7+,8-,9+,10+,11+/m0/s1. The average Bonchev–Trinajstić information content (AvgIpc) is 2.72. The van der Waals surface area contributed by atoms with Crippen LogP contribution >= 0.6 is 0 Å². The third-order valence-electron chi connectivity index (χ3n) is 5.52. The molecule has 0 aromatic rings. The molecule has 6 atom stereocenters. The van der Waals surface area contributed by atoms with Crippen molar-refractivity contribution in [1.29, 1.82) is 0 Å². The number of rotatable bonds is 0. The summed E-state index contributed by atoms with van der Waals surface area (Å²) in [5.74, 6) is 0.236. The topological polar surface area (TPSA) is 76.9 Å². The van der Waals surface area contributed by atoms with Gasteiger partial charge >= 0.3 is 0 Å². The first-order valence-electron chi connectivity index (χ1n) is 6.46. The van der Waals surface area contributed by atoms with E-state index in [0.29, 0.717) is 0 Å². The van der Waals surface area contributed by atoms with E-state index < -0.39 is 0 Å². The quantitative estimate of drug-likeness (QED) is 0.473. The molecule has 2 saturated carbocycles. The maximum Gasteiger partial charge on any atom is 0.198 e. The predicted molar refractivity (Wildman–Crippen MR) is 57.3 cm³/mol. The first-order chi connectivity index (χ1) is 8.12. The molecule has 2 aliphatic carbocycles. The van der Waals surface area contributed by atoms with E-state index in [1.54, 1.807) is 0 Å². The van der Waals surface area contributed by atoms with Crippen LogP contribution in [0.3, 0.4) is 0 Å². The molecule has 2 fully saturated rings. The Morgan fingerprint density at radius 2 is 1.88 bits per heavy atom. The van der Waals surface area contributed by atoms with Gasteiger partial charge in [0.15, 0.2) is 12.1 Å². The van der Waals surface area contributed by atoms with Crippen molar-refractivity contribution in [1.82, 2.24) is 0 Å². The Kier molecular flexibility index (Phi) is 1.61. The van der Waals surface area contributed by atoms with Crippen molar-refractivity contribution >= 4 is 0 Å². The van der Waals surface area contributed by atoms with Crippen LogP contribution in [0.1, 0.15) is 32.6 Å². The molecule has 0 aromatic carbocycles. The molecule has 6 heteroatoms. The molecular formula is C11H16N4O2. The van der Waals surface area contributed by atoms with Crippen molar-refractivity contribution in [3.05, 3.63) is 10.4 Å². The van der Waals surface area contributed by atoms with E-state index in [2.05, 4.69) is 17.2 Å². The van der Waals surface area contributed by atoms with Crippen LogP contribution in [0.15, 0.2) is 10.2 Å². The number of hydrogen-bond acceptors (Lipinski definition) is 4. The monoisotopic (exact) mass is 236 g/mol. The van der Waals surface area contributed by atoms with Gasteiger partial charge < -0.3 is 10.4 Å². The summed E-state index contributed by atoms with van der Waals surface area (Å²) in [7, 11) is 0. The van der Waals surface area contributed by atoms with Gasteiger partial charge in [-0.05, 0) is 23.1 Å². The Morgan fingerprint density at radius 1 is 1.06 bits per heavy atom. The van der Waals surface area contributed by atoms with Crippen LogP contribution in [0.4, 0.5) is 0 Å². The summed E-state index contributed by atoms with van der Waals surface area (Å²) in [5.41, 5.74) is -0.129. The Hall–Kier alpha value is -1.20. The first-order valence-corrected chi connectivity index (χ1v) is 6.46. The van der Waals surface area contributed by atoms with Gasteiger partial charge in [0.2, 0.25) is 0 Å². The summed E-state index contributed by atoms with van der Waals surface area (Å²) in [6, 6.07) is 0.197. The SMILES string of the molecule is C[C@]12[C@@H]3[C@@H]4CC[C@H]1[N+]([O-])=N[C@H]2CC[C@H]3[N+]([O-])=N4. The lowest BCUT2D eigenvalue weighted by Crippen LogP contribution is -2.58. The second-order valence-electron chi connectivity index (χ2n) is 6.05. The second-order valence-corrected chi connectivity index (χ2v) is 6.05. The largest absolute Gasteiger partial charge is 0.600 e. The van der Waals surface area contributed by atoms with Gasteiger partial charge in [-0.1, -0.05) is 16.6 Å². The van der Waals surface area contributed by atoms with Crippen molar-refractivity contribution in [2.24, 2.45) is 21.6 Å². The molecule has 0 N–H and O–H groups in total. The van der Waals surface area contributed by atoms with Gasteiger partial charge in [-0.2, -0.15) is 0 Å². The molecule has 2 heterocycles. The molecule has 0 radical (unpaired) electrons. The van der Waals surface area contributed by atoms with Gasteiger partial charge in [-0.25, -0.2) is 0 Å². The number of azo groups is 2. The Morgan fingerprint density at radius 3 is 2.71 bits per heavy atom. The second kappa shape index (κ2) is 2.79. The van der Waals surface area contributed by atoms with Crippen LogP contribution in [0.5, 0.6) is 0 Å². The number of hydroxylamine groups is 2. The fourth-order valence-electron chi connectivity index (χ4n) is 4.75. The molecule has 17 heavy (non-hydrogen) atoms. The van der Waals surface area contributed by atoms with Crippen molar-refractivity contribution in [2.45, 2.75) is 56.8 Å². The molecule has 0 amide bonds. The fourth-order valence-corrected chi connectivity index (χ4v) is 4.75. The van der Waals surface area contributed by atoms with Crippen molar-refractivity contribution in [2.75, 3.05) is 0 Å². The van der Waals surface area contributed by atoms with Gasteiger partial charge in [0.1, 0.15) is 12.1 Å². The lowest BCUT2D eigenvalue weighted by molar-refractivity contribution is -0.576. The maximum absolute atomic E-state index is 11.9. The molecule has 0 aromatic heterocycles. The highest BCUT2D eigenvalue weighted by molar-refractivity contribution is 5.12. The molecule has 2 aliphatic heterocycles. The molecule has 92 valence electrons. The highest BCUT2D eigenvalue weighted by Crippen LogP contribution is 2.58. The lowest BCUT2D eigenvalue weighted by Gasteiger charge is -2.44. The van der Waals surface area contributed by atoms with Gasteiger partial charge in [-0.3, -0.25) is 0 Å². The zero-order valence-corrected chi connectivity index (χ0v) is 9.82. The van der Waals surface area contributed by atoms with E-state index in [-0.39, 0.29) is 35.5 Å². The van der Waals surface area contributed by atoms with E-state index >= 15 is 0 Å². The van der Waals surface area contributed by atoms with Gasteiger partial charge in [0.25, 0.3) is 0 Å². The third kappa shape index (κ3) is 0.940. The van der Waals surface area contributed by atoms with Crippen LogP contribution in [0.25, 0.3) is 0 Å². The van der Waals surface area contributed by atoms with Crippen molar-refractivity contribution in [3.8, 4) is 0 Å². The molecule has 0 unspecified atom stereocenters. The summed E-state index contributed by atoms with van der Waals surface area (Å²) in [4.78, 5) is 1.85. The highest BCUT2D eigenvalue weighted by atomic mass is 16.5. The minimum absolute atomic E-state index is 0.00856. The van der Waals surface area contributed by atoms with Crippen LogP contribution in [-0.4, -0.2) is 33.9 Å². The van der Waals surface area contributed by atoms with Gasteiger partial charge in [0.05, 0.1) is 11.3 Å². The van der Waals surface area contributed by atoms with Crippen molar-refractivity contribution in [3.63, 3.8) is 0 Å². The van der Waals surface area contributed by atoms with Crippen LogP contribution in [0.2, 0.25) is 0 Å². The Labute approximate surface area is 99.2 Å². The average molecular weight is 236 g/mol. The van der Waals surface area contributed by atoms with E-state index in [0.717, 1.165) is 35.4 Å². The van der Waals surface area contributed by atoms with Gasteiger partial charge in [-0.15, -0.1) is 0 Å². The van der Waals surface area contributed by atoms with E-state index in [1.165, 1.54) is 0 Å². The minimum Gasteiger partial charge on any atom is -0.600 e. The zero-order chi connectivity index (χ0) is 11.8. The molecule has 6 nitrogen and oxygen atoms in total. The highest BCUT2D eigenvalue weighted by Gasteiger charge is 2.70. The number of hydrogen-bond donors (Lipinski definition) is 0. The van der Waals surface area contributed by atoms with E-state index in [4.69, 9.17) is 0 Å². The zero-order valence-electron chi connectivity index (χ0n) is 9.82. The first kappa shape index (κ1) is 9.79. The lowest BCUT2D eigenvalue weighted by atomic mass is 9.54. The fraction of sp³-hybridized carbons (Fsp3) is 1.00. The normalized spacial score (nSPS) is 55.2. The van der Waals surface area contributed by atoms with Crippen LogP contribution < -0.4 is 0 Å². The summed E-state index contributed by atoms with van der Waals surface area (Å²) < 4.78 is 0. The Balaban J connectivity index is 1.84. The summed E-state index contributed by atoms with van der Waals surface area (Å²) in [6.45, 7) is 2.15. The molecule has 0 bridgehead atoms. The van der Waals surface area contributed by atoms with Crippen molar-refractivity contribution < 1.29 is 9.72 Å². The van der Waals surface area contributed by atoms with E-state index in [9.17, 15) is 10.4 Å². The molecule has 0 spiro atoms. The van der Waals surface area contributed by atoms with E-state index in [1.807, 2.05) is 0 Å². The van der Waals surface area contributed by atoms with Crippen LogP contribution in [0, 0.1) is 21.7 Å². The molecule has 4 aliphatic rings. The smallest absolute Gasteiger partial charge is 0.198 e. The molecular weight excluding hydrogens is 220 g/mol. The van der Waals surface area contributed by atoms with Crippen LogP contribution in [-0.2, 0) is 0 Å². The number of nitrogens with zero attached hydrogens (tertiary/aromatic N) is 4. The molecule has 4 rings (SSSR count). The molecule has 0 saturated heterocycles. The van der Waals surface area contributed by atoms with Gasteiger partial charge in [0, 0.05) is 12.8 Å². The summed E-state index contributed by atoms with van der Waals surface area (Å²) in [5, 5.41) is 32.2. The minimum atomic E-state index is -0.129. The predicted octanol–water partition coefficient (Wildman–Crippen LogP) is 1.62.